The fraction of sp³-hybridized carbons (Fsp3) is 0.421. The van der Waals surface area contributed by atoms with Crippen LogP contribution in [0.5, 0.6) is 0 Å². The minimum Gasteiger partial charge on any atom is -0.292 e. The van der Waals surface area contributed by atoms with E-state index in [4.69, 9.17) is 0 Å². The van der Waals surface area contributed by atoms with Crippen LogP contribution >= 0.6 is 0 Å². The molecule has 2 heterocycles. The number of hydrogen-bond acceptors (Lipinski definition) is 5. The van der Waals surface area contributed by atoms with Gasteiger partial charge in [0.05, 0.1) is 6.54 Å². The number of barbiturate groups is 1. The average Bonchev–Trinajstić information content (AvgIpc) is 2.69. The van der Waals surface area contributed by atoms with Crippen molar-refractivity contribution in [1.29, 1.82) is 0 Å². The molecule has 1 aliphatic heterocycles. The molecule has 0 N–H and O–H groups in total. The third kappa shape index (κ3) is 2.83. The van der Waals surface area contributed by atoms with E-state index in [0.717, 1.165) is 22.6 Å². The lowest BCUT2D eigenvalue weighted by atomic mass is 9.70. The Balaban J connectivity index is 1.92. The maximum atomic E-state index is 13.1. The van der Waals surface area contributed by atoms with Crippen LogP contribution in [0.2, 0.25) is 0 Å². The van der Waals surface area contributed by atoms with E-state index in [1.165, 1.54) is 19.4 Å². The molecule has 2 atom stereocenters. The first-order chi connectivity index (χ1) is 12.4. The van der Waals surface area contributed by atoms with E-state index < -0.39 is 35.6 Å². The van der Waals surface area contributed by atoms with Crippen LogP contribution in [0, 0.1) is 11.3 Å². The van der Waals surface area contributed by atoms with E-state index in [2.05, 4.69) is 4.98 Å². The largest absolute Gasteiger partial charge is 0.333 e. The van der Waals surface area contributed by atoms with Crippen molar-refractivity contribution in [2.45, 2.75) is 26.2 Å². The van der Waals surface area contributed by atoms with Gasteiger partial charge in [0.25, 0.3) is 0 Å². The van der Waals surface area contributed by atoms with Crippen molar-refractivity contribution in [1.82, 2.24) is 14.8 Å². The number of amides is 4. The monoisotopic (exact) mass is 355 g/mol. The summed E-state index contributed by atoms with van der Waals surface area (Å²) in [5.41, 5.74) is -1.07. The zero-order valence-corrected chi connectivity index (χ0v) is 14.8. The Morgan fingerprint density at radius 2 is 2.08 bits per heavy atom. The molecule has 3 rings (SSSR count). The lowest BCUT2D eigenvalue weighted by Gasteiger charge is -2.44. The summed E-state index contributed by atoms with van der Waals surface area (Å²) in [5, 5.41) is 0. The molecule has 2 aliphatic rings. The summed E-state index contributed by atoms with van der Waals surface area (Å²) in [5.74, 6) is -1.82. The molecule has 26 heavy (non-hydrogen) atoms. The normalized spacial score (nSPS) is 26.4. The first-order valence-corrected chi connectivity index (χ1v) is 8.61. The Kier molecular flexibility index (Phi) is 4.71. The second-order valence-electron chi connectivity index (χ2n) is 6.87. The van der Waals surface area contributed by atoms with Crippen molar-refractivity contribution >= 4 is 23.6 Å². The van der Waals surface area contributed by atoms with Gasteiger partial charge in [-0.1, -0.05) is 12.2 Å². The van der Waals surface area contributed by atoms with Gasteiger partial charge < -0.3 is 0 Å². The molecule has 1 aliphatic carbocycles. The van der Waals surface area contributed by atoms with Crippen LogP contribution in [0.3, 0.4) is 0 Å². The second-order valence-corrected chi connectivity index (χ2v) is 6.87. The van der Waals surface area contributed by atoms with E-state index in [1.54, 1.807) is 19.1 Å². The van der Waals surface area contributed by atoms with Gasteiger partial charge >= 0.3 is 6.03 Å². The van der Waals surface area contributed by atoms with E-state index in [1.807, 2.05) is 12.2 Å². The highest BCUT2D eigenvalue weighted by Crippen LogP contribution is 2.41. The lowest BCUT2D eigenvalue weighted by molar-refractivity contribution is -0.159. The molecule has 0 radical (unpaired) electrons. The standard InChI is InChI=1S/C19H21N3O4/c1-19(14-8-4-3-5-9-14)16(24)21(2)18(26)22(17(19)25)12-15(23)13-7-6-10-20-11-13/h4,6-8,10-11,14H,3,5,9,12H2,1-2H3. The highest BCUT2D eigenvalue weighted by molar-refractivity contribution is 6.20. The number of rotatable bonds is 4. The maximum absolute atomic E-state index is 13.1. The van der Waals surface area contributed by atoms with E-state index in [-0.39, 0.29) is 5.92 Å². The van der Waals surface area contributed by atoms with Gasteiger partial charge in [0.15, 0.2) is 5.78 Å². The SMILES string of the molecule is CN1C(=O)N(CC(=O)c2cccnc2)C(=O)C(C)(C2C=CCCC2)C1=O. The van der Waals surface area contributed by atoms with Gasteiger partial charge in [0, 0.05) is 25.0 Å². The Morgan fingerprint density at radius 1 is 1.31 bits per heavy atom. The number of Topliss-reactive ketones (excluding diaryl/α,β-unsaturated/α-hetero) is 1. The fourth-order valence-corrected chi connectivity index (χ4v) is 3.59. The molecule has 0 spiro atoms. The first kappa shape index (κ1) is 18.0. The van der Waals surface area contributed by atoms with Gasteiger partial charge in [0.2, 0.25) is 11.8 Å². The summed E-state index contributed by atoms with van der Waals surface area (Å²) in [6.07, 6.45) is 9.24. The lowest BCUT2D eigenvalue weighted by Crippen LogP contribution is -2.65. The number of pyridine rings is 1. The third-order valence-corrected chi connectivity index (χ3v) is 5.24. The molecular weight excluding hydrogens is 334 g/mol. The van der Waals surface area contributed by atoms with Crippen LogP contribution in [0.25, 0.3) is 0 Å². The number of carbonyl (C=O) groups is 4. The van der Waals surface area contributed by atoms with Crippen LogP contribution in [0.15, 0.2) is 36.7 Å². The number of urea groups is 1. The number of allylic oxidation sites excluding steroid dienone is 2. The van der Waals surface area contributed by atoms with Crippen LogP contribution in [0.1, 0.15) is 36.5 Å². The van der Waals surface area contributed by atoms with E-state index in [0.29, 0.717) is 12.0 Å². The van der Waals surface area contributed by atoms with Gasteiger partial charge in [-0.05, 0) is 44.2 Å². The van der Waals surface area contributed by atoms with Crippen molar-refractivity contribution in [2.75, 3.05) is 13.6 Å². The van der Waals surface area contributed by atoms with Crippen LogP contribution in [-0.2, 0) is 9.59 Å². The van der Waals surface area contributed by atoms with Crippen molar-refractivity contribution in [2.24, 2.45) is 11.3 Å². The Morgan fingerprint density at radius 3 is 2.69 bits per heavy atom. The molecule has 1 aromatic heterocycles. The highest BCUT2D eigenvalue weighted by atomic mass is 16.2. The van der Waals surface area contributed by atoms with Gasteiger partial charge in [-0.3, -0.25) is 29.2 Å². The van der Waals surface area contributed by atoms with Crippen molar-refractivity contribution < 1.29 is 19.2 Å². The molecule has 7 heteroatoms. The smallest absolute Gasteiger partial charge is 0.292 e. The number of imide groups is 2. The third-order valence-electron chi connectivity index (χ3n) is 5.24. The maximum Gasteiger partial charge on any atom is 0.333 e. The number of aromatic nitrogens is 1. The number of nitrogens with zero attached hydrogens (tertiary/aromatic N) is 3. The molecule has 0 aromatic carbocycles. The Bertz CT molecular complexity index is 789. The van der Waals surface area contributed by atoms with Crippen LogP contribution in [-0.4, -0.2) is 52.0 Å². The van der Waals surface area contributed by atoms with Gasteiger partial charge in [0.1, 0.15) is 5.41 Å². The molecule has 4 amide bonds. The molecule has 2 unspecified atom stereocenters. The second kappa shape index (κ2) is 6.82. The van der Waals surface area contributed by atoms with E-state index >= 15 is 0 Å². The molecule has 1 aromatic rings. The minimum absolute atomic E-state index is 0.289. The highest BCUT2D eigenvalue weighted by Gasteiger charge is 2.56. The summed E-state index contributed by atoms with van der Waals surface area (Å²) >= 11 is 0. The summed E-state index contributed by atoms with van der Waals surface area (Å²) in [4.78, 5) is 56.6. The summed E-state index contributed by atoms with van der Waals surface area (Å²) in [6, 6.07) is 2.42. The first-order valence-electron chi connectivity index (χ1n) is 8.61. The number of ketones is 1. The molecule has 0 saturated carbocycles. The topological polar surface area (TPSA) is 87.7 Å². The van der Waals surface area contributed by atoms with Crippen molar-refractivity contribution in [3.8, 4) is 0 Å². The fourth-order valence-electron chi connectivity index (χ4n) is 3.59. The van der Waals surface area contributed by atoms with Crippen molar-refractivity contribution in [3.05, 3.63) is 42.2 Å². The molecule has 0 bridgehead atoms. The van der Waals surface area contributed by atoms with E-state index in [9.17, 15) is 19.2 Å². The quantitative estimate of drug-likeness (QED) is 0.469. The zero-order valence-electron chi connectivity index (χ0n) is 14.8. The zero-order chi connectivity index (χ0) is 18.9. The Hall–Kier alpha value is -2.83. The van der Waals surface area contributed by atoms with Gasteiger partial charge in [-0.15, -0.1) is 0 Å². The summed E-state index contributed by atoms with van der Waals surface area (Å²) < 4.78 is 0. The molecule has 136 valence electrons. The van der Waals surface area contributed by atoms with Crippen LogP contribution in [0.4, 0.5) is 4.79 Å². The van der Waals surface area contributed by atoms with Crippen LogP contribution < -0.4 is 0 Å². The predicted octanol–water partition coefficient (Wildman–Crippen LogP) is 2.05. The molecular formula is C19H21N3O4. The molecule has 7 nitrogen and oxygen atoms in total. The predicted molar refractivity (Wildman–Crippen MR) is 93.0 cm³/mol. The Labute approximate surface area is 151 Å². The summed E-state index contributed by atoms with van der Waals surface area (Å²) in [6.45, 7) is 1.16. The minimum atomic E-state index is -1.38. The van der Waals surface area contributed by atoms with Gasteiger partial charge in [-0.2, -0.15) is 0 Å². The molecule has 1 fully saturated rings. The molecule has 1 saturated heterocycles. The van der Waals surface area contributed by atoms with Crippen molar-refractivity contribution in [3.63, 3.8) is 0 Å². The number of carbonyl (C=O) groups excluding carboxylic acids is 4. The summed E-state index contributed by atoms with van der Waals surface area (Å²) in [7, 11) is 1.35. The average molecular weight is 355 g/mol. The van der Waals surface area contributed by atoms with Gasteiger partial charge in [-0.25, -0.2) is 4.79 Å². The number of hydrogen-bond donors (Lipinski definition) is 0.